The molecule has 1 aliphatic rings. The molecule has 2 aromatic rings. The van der Waals surface area contributed by atoms with Gasteiger partial charge in [0.2, 0.25) is 5.91 Å². The van der Waals surface area contributed by atoms with E-state index < -0.39 is 11.8 Å². The van der Waals surface area contributed by atoms with Gasteiger partial charge in [-0.1, -0.05) is 6.07 Å². The summed E-state index contributed by atoms with van der Waals surface area (Å²) in [5, 5.41) is 4.23. The number of hydrogen-bond donors (Lipinski definition) is 3. The van der Waals surface area contributed by atoms with Crippen LogP contribution in [0.25, 0.3) is 0 Å². The maximum absolute atomic E-state index is 12.3. The van der Waals surface area contributed by atoms with Gasteiger partial charge in [-0.3, -0.25) is 30.0 Å². The van der Waals surface area contributed by atoms with Crippen LogP contribution >= 0.6 is 11.3 Å². The summed E-state index contributed by atoms with van der Waals surface area (Å²) in [5.74, 6) is -2.09. The highest BCUT2D eigenvalue weighted by atomic mass is 32.1. The molecule has 1 fully saturated rings. The van der Waals surface area contributed by atoms with E-state index in [0.717, 1.165) is 0 Å². The van der Waals surface area contributed by atoms with Crippen LogP contribution in [-0.2, 0) is 20.9 Å². The number of thiophene rings is 1. The lowest BCUT2D eigenvalue weighted by Crippen LogP contribution is -2.51. The number of carbonyl (C=O) groups excluding carboxylic acids is 4. The second-order valence-electron chi connectivity index (χ2n) is 6.25. The molecule has 4 amide bonds. The standard InChI is InChI=1S/C18H20N4O5S/c23-15(20-21-17(25)16(24)19-11-13-3-1-9-27-13)12-5-7-22(8-6-12)18(26)14-4-2-10-28-14/h1-4,9-10,12H,5-8,11H2,(H,19,24)(H,20,23)(H,21,25). The Bertz CT molecular complexity index is 826. The van der Waals surface area contributed by atoms with Gasteiger partial charge in [0.1, 0.15) is 5.76 Å². The van der Waals surface area contributed by atoms with Gasteiger partial charge in [-0.25, -0.2) is 0 Å². The molecule has 0 unspecified atom stereocenters. The zero-order valence-electron chi connectivity index (χ0n) is 15.0. The normalized spacial score (nSPS) is 14.4. The van der Waals surface area contributed by atoms with E-state index in [9.17, 15) is 19.2 Å². The van der Waals surface area contributed by atoms with E-state index >= 15 is 0 Å². The minimum absolute atomic E-state index is 0.0320. The van der Waals surface area contributed by atoms with Crippen molar-refractivity contribution in [1.29, 1.82) is 0 Å². The van der Waals surface area contributed by atoms with Crippen LogP contribution in [0.1, 0.15) is 28.3 Å². The van der Waals surface area contributed by atoms with Gasteiger partial charge in [0.15, 0.2) is 0 Å². The average Bonchev–Trinajstić information content (AvgIpc) is 3.43. The highest BCUT2D eigenvalue weighted by molar-refractivity contribution is 7.12. The monoisotopic (exact) mass is 404 g/mol. The van der Waals surface area contributed by atoms with E-state index in [4.69, 9.17) is 4.42 Å². The number of furan rings is 1. The van der Waals surface area contributed by atoms with Crippen LogP contribution in [0.15, 0.2) is 40.3 Å². The SMILES string of the molecule is O=C(NCc1ccco1)C(=O)NNC(=O)C1CCN(C(=O)c2cccs2)CC1. The van der Waals surface area contributed by atoms with Gasteiger partial charge in [0, 0.05) is 19.0 Å². The lowest BCUT2D eigenvalue weighted by atomic mass is 9.96. The predicted molar refractivity (Wildman–Crippen MR) is 99.8 cm³/mol. The third-order valence-corrected chi connectivity index (χ3v) is 5.25. The minimum Gasteiger partial charge on any atom is -0.467 e. The molecular weight excluding hydrogens is 384 g/mol. The molecule has 1 aliphatic heterocycles. The minimum atomic E-state index is -0.967. The first-order valence-corrected chi connectivity index (χ1v) is 9.65. The third-order valence-electron chi connectivity index (χ3n) is 4.39. The van der Waals surface area contributed by atoms with Gasteiger partial charge in [-0.2, -0.15) is 0 Å². The third kappa shape index (κ3) is 4.97. The van der Waals surface area contributed by atoms with E-state index in [-0.39, 0.29) is 24.3 Å². The van der Waals surface area contributed by atoms with E-state index in [1.54, 1.807) is 23.1 Å². The molecule has 0 radical (unpaired) electrons. The maximum Gasteiger partial charge on any atom is 0.327 e. The molecule has 0 atom stereocenters. The molecule has 148 valence electrons. The molecule has 28 heavy (non-hydrogen) atoms. The number of nitrogens with one attached hydrogen (secondary N) is 3. The van der Waals surface area contributed by atoms with Crippen molar-refractivity contribution in [1.82, 2.24) is 21.1 Å². The van der Waals surface area contributed by atoms with Crippen LogP contribution in [0.5, 0.6) is 0 Å². The molecule has 10 heteroatoms. The number of hydrazine groups is 1. The Morgan fingerprint density at radius 1 is 1.07 bits per heavy atom. The van der Waals surface area contributed by atoms with E-state index in [2.05, 4.69) is 16.2 Å². The smallest absolute Gasteiger partial charge is 0.327 e. The average molecular weight is 404 g/mol. The maximum atomic E-state index is 12.3. The quantitative estimate of drug-likeness (QED) is 0.511. The summed E-state index contributed by atoms with van der Waals surface area (Å²) in [5.41, 5.74) is 4.38. The summed E-state index contributed by atoms with van der Waals surface area (Å²) in [6.45, 7) is 1.00. The molecule has 3 N–H and O–H groups in total. The largest absolute Gasteiger partial charge is 0.467 e. The molecule has 1 saturated heterocycles. The van der Waals surface area contributed by atoms with Gasteiger partial charge in [0.25, 0.3) is 5.91 Å². The summed E-state index contributed by atoms with van der Waals surface area (Å²) in [4.78, 5) is 50.3. The van der Waals surface area contributed by atoms with Crippen LogP contribution in [0, 0.1) is 5.92 Å². The lowest BCUT2D eigenvalue weighted by Gasteiger charge is -2.31. The Kier molecular flexibility index (Phi) is 6.43. The van der Waals surface area contributed by atoms with Gasteiger partial charge in [-0.15, -0.1) is 11.3 Å². The van der Waals surface area contributed by atoms with Crippen molar-refractivity contribution in [3.8, 4) is 0 Å². The molecule has 0 aliphatic carbocycles. The van der Waals surface area contributed by atoms with Crippen LogP contribution in [0.4, 0.5) is 0 Å². The first kappa shape index (κ1) is 19.6. The van der Waals surface area contributed by atoms with Crippen molar-refractivity contribution >= 4 is 35.0 Å². The predicted octanol–water partition coefficient (Wildman–Crippen LogP) is 0.657. The Morgan fingerprint density at radius 3 is 2.50 bits per heavy atom. The number of nitrogens with zero attached hydrogens (tertiary/aromatic N) is 1. The molecule has 0 bridgehead atoms. The topological polar surface area (TPSA) is 121 Å². The molecule has 9 nitrogen and oxygen atoms in total. The van der Waals surface area contributed by atoms with E-state index in [0.29, 0.717) is 36.6 Å². The number of carbonyl (C=O) groups is 4. The summed E-state index contributed by atoms with van der Waals surface area (Å²) in [6.07, 6.45) is 2.44. The number of rotatable bonds is 4. The van der Waals surface area contributed by atoms with Crippen molar-refractivity contribution in [3.05, 3.63) is 46.5 Å². The summed E-state index contributed by atoms with van der Waals surface area (Å²) in [6, 6.07) is 6.93. The number of piperidine rings is 1. The highest BCUT2D eigenvalue weighted by Gasteiger charge is 2.28. The molecule has 2 aromatic heterocycles. The van der Waals surface area contributed by atoms with Crippen LogP contribution < -0.4 is 16.2 Å². The molecule has 3 rings (SSSR count). The fourth-order valence-electron chi connectivity index (χ4n) is 2.84. The molecule has 3 heterocycles. The molecule has 0 aromatic carbocycles. The summed E-state index contributed by atoms with van der Waals surface area (Å²) < 4.78 is 5.05. The first-order chi connectivity index (χ1) is 13.5. The molecule has 0 saturated carbocycles. The van der Waals surface area contributed by atoms with Crippen molar-refractivity contribution in [3.63, 3.8) is 0 Å². The van der Waals surface area contributed by atoms with Gasteiger partial charge in [0.05, 0.1) is 17.7 Å². The second-order valence-corrected chi connectivity index (χ2v) is 7.20. The highest BCUT2D eigenvalue weighted by Crippen LogP contribution is 2.20. The van der Waals surface area contributed by atoms with Gasteiger partial charge in [-0.05, 0) is 36.4 Å². The van der Waals surface area contributed by atoms with Gasteiger partial charge >= 0.3 is 11.8 Å². The van der Waals surface area contributed by atoms with Crippen molar-refractivity contribution in [2.45, 2.75) is 19.4 Å². The molecular formula is C18H20N4O5S. The van der Waals surface area contributed by atoms with E-state index in [1.807, 2.05) is 11.4 Å². The van der Waals surface area contributed by atoms with Crippen LogP contribution in [-0.4, -0.2) is 41.6 Å². The number of likely N-dealkylation sites (tertiary alicyclic amines) is 1. The van der Waals surface area contributed by atoms with Crippen LogP contribution in [0.3, 0.4) is 0 Å². The Hall–Kier alpha value is -3.14. The summed E-state index contributed by atoms with van der Waals surface area (Å²) in [7, 11) is 0. The van der Waals surface area contributed by atoms with Gasteiger partial charge < -0.3 is 14.6 Å². The zero-order valence-corrected chi connectivity index (χ0v) is 15.8. The lowest BCUT2D eigenvalue weighted by molar-refractivity contribution is -0.141. The zero-order chi connectivity index (χ0) is 19.9. The second kappa shape index (κ2) is 9.18. The number of amides is 4. The van der Waals surface area contributed by atoms with Crippen molar-refractivity contribution < 1.29 is 23.6 Å². The van der Waals surface area contributed by atoms with Crippen molar-refractivity contribution in [2.24, 2.45) is 5.92 Å². The fraction of sp³-hybridized carbons (Fsp3) is 0.333. The summed E-state index contributed by atoms with van der Waals surface area (Å²) >= 11 is 1.39. The van der Waals surface area contributed by atoms with Crippen LogP contribution in [0.2, 0.25) is 0 Å². The molecule has 0 spiro atoms. The Morgan fingerprint density at radius 2 is 1.86 bits per heavy atom. The Labute approximate surface area is 165 Å². The number of hydrogen-bond acceptors (Lipinski definition) is 6. The van der Waals surface area contributed by atoms with E-state index in [1.165, 1.54) is 17.6 Å². The van der Waals surface area contributed by atoms with Crippen molar-refractivity contribution in [2.75, 3.05) is 13.1 Å². The Balaban J connectivity index is 1.37. The first-order valence-electron chi connectivity index (χ1n) is 8.78. The fourth-order valence-corrected chi connectivity index (χ4v) is 3.53.